The molecule has 0 spiro atoms. The third kappa shape index (κ3) is 6.86. The number of nitrogens with one attached hydrogen (secondary N) is 1. The molecule has 2 rings (SSSR count). The zero-order chi connectivity index (χ0) is 19.0. The van der Waals surface area contributed by atoms with Crippen LogP contribution in [0.3, 0.4) is 0 Å². The third-order valence-corrected chi connectivity index (χ3v) is 4.52. The van der Waals surface area contributed by atoms with Gasteiger partial charge in [0, 0.05) is 6.54 Å². The molecule has 146 valence electrons. The first-order valence-corrected chi connectivity index (χ1v) is 9.08. The normalized spacial score (nSPS) is 20.6. The van der Waals surface area contributed by atoms with Crippen molar-refractivity contribution >= 4 is 5.97 Å². The largest absolute Gasteiger partial charge is 0.490 e. The second-order valence-electron chi connectivity index (χ2n) is 6.54. The zero-order valence-corrected chi connectivity index (χ0v) is 15.0. The summed E-state index contributed by atoms with van der Waals surface area (Å²) in [6, 6.07) is 4.86. The SMILES string of the molecule is CCOC(=O)CCNC[C@H]1CC[C@H](Oc2ccc(C(F)(F)F)cc2)CC1. The summed E-state index contributed by atoms with van der Waals surface area (Å²) in [4.78, 5) is 11.2. The second kappa shape index (κ2) is 9.80. The molecule has 26 heavy (non-hydrogen) atoms. The average molecular weight is 373 g/mol. The van der Waals surface area contributed by atoms with Crippen LogP contribution in [0, 0.1) is 5.92 Å². The van der Waals surface area contributed by atoms with Crippen LogP contribution in [0.4, 0.5) is 13.2 Å². The molecular formula is C19H26F3NO3. The molecule has 0 amide bonds. The van der Waals surface area contributed by atoms with Crippen LogP contribution >= 0.6 is 0 Å². The van der Waals surface area contributed by atoms with Crippen molar-refractivity contribution in [2.24, 2.45) is 5.92 Å². The van der Waals surface area contributed by atoms with Gasteiger partial charge in [-0.3, -0.25) is 4.79 Å². The van der Waals surface area contributed by atoms with Gasteiger partial charge in [0.05, 0.1) is 24.7 Å². The standard InChI is InChI=1S/C19H26F3NO3/c1-2-25-18(24)11-12-23-13-14-3-7-16(8-4-14)26-17-9-5-15(6-10-17)19(20,21)22/h5-6,9-10,14,16,23H,2-4,7-8,11-13H2,1H3/t14-,16-. The molecule has 1 aliphatic rings. The van der Waals surface area contributed by atoms with Gasteiger partial charge in [-0.1, -0.05) is 0 Å². The first-order valence-electron chi connectivity index (χ1n) is 9.08. The fourth-order valence-electron chi connectivity index (χ4n) is 3.10. The minimum atomic E-state index is -4.32. The van der Waals surface area contributed by atoms with Crippen LogP contribution < -0.4 is 10.1 Å². The number of hydrogen-bond acceptors (Lipinski definition) is 4. The van der Waals surface area contributed by atoms with Gasteiger partial charge in [-0.2, -0.15) is 13.2 Å². The monoisotopic (exact) mass is 373 g/mol. The number of ether oxygens (including phenoxy) is 2. The molecule has 1 saturated carbocycles. The summed E-state index contributed by atoms with van der Waals surface area (Å²) in [5.74, 6) is 0.826. The summed E-state index contributed by atoms with van der Waals surface area (Å²) in [6.45, 7) is 3.66. The quantitative estimate of drug-likeness (QED) is 0.548. The molecule has 0 atom stereocenters. The highest BCUT2D eigenvalue weighted by Crippen LogP contribution is 2.32. The van der Waals surface area contributed by atoms with E-state index < -0.39 is 11.7 Å². The summed E-state index contributed by atoms with van der Waals surface area (Å²) in [5.41, 5.74) is -0.664. The number of carbonyl (C=O) groups is 1. The van der Waals surface area contributed by atoms with E-state index in [-0.39, 0.29) is 12.1 Å². The van der Waals surface area contributed by atoms with Gasteiger partial charge in [0.25, 0.3) is 0 Å². The average Bonchev–Trinajstić information content (AvgIpc) is 2.60. The molecule has 1 aromatic rings. The molecule has 4 nitrogen and oxygen atoms in total. The van der Waals surface area contributed by atoms with E-state index in [0.717, 1.165) is 44.4 Å². The summed E-state index contributed by atoms with van der Waals surface area (Å²) >= 11 is 0. The summed E-state index contributed by atoms with van der Waals surface area (Å²) in [6.07, 6.45) is -0.147. The van der Waals surface area contributed by atoms with Gasteiger partial charge in [-0.05, 0) is 69.3 Å². The number of halogens is 3. The molecule has 0 heterocycles. The van der Waals surface area contributed by atoms with E-state index in [1.165, 1.54) is 12.1 Å². The minimum absolute atomic E-state index is 0.0440. The Morgan fingerprint density at radius 1 is 1.15 bits per heavy atom. The van der Waals surface area contributed by atoms with Crippen LogP contribution in [-0.4, -0.2) is 31.8 Å². The highest BCUT2D eigenvalue weighted by molar-refractivity contribution is 5.69. The Morgan fingerprint density at radius 2 is 1.81 bits per heavy atom. The number of hydrogen-bond donors (Lipinski definition) is 1. The molecule has 1 aromatic carbocycles. The Labute approximate surface area is 152 Å². The third-order valence-electron chi connectivity index (χ3n) is 4.52. The predicted molar refractivity (Wildman–Crippen MR) is 91.9 cm³/mol. The summed E-state index contributed by atoms with van der Waals surface area (Å²) in [5, 5.41) is 3.28. The van der Waals surface area contributed by atoms with Crippen molar-refractivity contribution in [3.8, 4) is 5.75 Å². The Kier molecular flexibility index (Phi) is 7.75. The molecule has 0 unspecified atom stereocenters. The van der Waals surface area contributed by atoms with Gasteiger partial charge in [0.15, 0.2) is 0 Å². The maximum absolute atomic E-state index is 12.6. The van der Waals surface area contributed by atoms with Gasteiger partial charge in [-0.25, -0.2) is 0 Å². The van der Waals surface area contributed by atoms with Crippen LogP contribution in [0.25, 0.3) is 0 Å². The molecule has 0 radical (unpaired) electrons. The lowest BCUT2D eigenvalue weighted by molar-refractivity contribution is -0.143. The Balaban J connectivity index is 1.65. The van der Waals surface area contributed by atoms with Crippen molar-refractivity contribution in [1.82, 2.24) is 5.32 Å². The zero-order valence-electron chi connectivity index (χ0n) is 15.0. The predicted octanol–water partition coefficient (Wildman–Crippen LogP) is 4.19. The van der Waals surface area contributed by atoms with E-state index in [9.17, 15) is 18.0 Å². The van der Waals surface area contributed by atoms with Crippen molar-refractivity contribution in [2.75, 3.05) is 19.7 Å². The summed E-state index contributed by atoms with van der Waals surface area (Å²) in [7, 11) is 0. The maximum Gasteiger partial charge on any atom is 0.416 e. The molecule has 0 aromatic heterocycles. The van der Waals surface area contributed by atoms with Crippen LogP contribution in [0.1, 0.15) is 44.6 Å². The molecule has 1 aliphatic carbocycles. The van der Waals surface area contributed by atoms with Gasteiger partial charge < -0.3 is 14.8 Å². The van der Waals surface area contributed by atoms with Gasteiger partial charge in [-0.15, -0.1) is 0 Å². The first kappa shape index (κ1) is 20.6. The van der Waals surface area contributed by atoms with Gasteiger partial charge in [0.2, 0.25) is 0 Å². The number of benzene rings is 1. The lowest BCUT2D eigenvalue weighted by Crippen LogP contribution is -2.31. The molecule has 1 fully saturated rings. The van der Waals surface area contributed by atoms with Crippen molar-refractivity contribution in [3.63, 3.8) is 0 Å². The van der Waals surface area contributed by atoms with E-state index in [4.69, 9.17) is 9.47 Å². The van der Waals surface area contributed by atoms with Crippen LogP contribution in [0.5, 0.6) is 5.75 Å². The van der Waals surface area contributed by atoms with Gasteiger partial charge >= 0.3 is 12.1 Å². The number of alkyl halides is 3. The number of carbonyl (C=O) groups excluding carboxylic acids is 1. The van der Waals surface area contributed by atoms with E-state index >= 15 is 0 Å². The van der Waals surface area contributed by atoms with Crippen molar-refractivity contribution in [1.29, 1.82) is 0 Å². The second-order valence-corrected chi connectivity index (χ2v) is 6.54. The lowest BCUT2D eigenvalue weighted by atomic mass is 9.87. The van der Waals surface area contributed by atoms with E-state index in [1.54, 1.807) is 6.92 Å². The highest BCUT2D eigenvalue weighted by Gasteiger charge is 2.30. The lowest BCUT2D eigenvalue weighted by Gasteiger charge is -2.29. The fourth-order valence-corrected chi connectivity index (χ4v) is 3.10. The highest BCUT2D eigenvalue weighted by atomic mass is 19.4. The van der Waals surface area contributed by atoms with Crippen LogP contribution in [0.2, 0.25) is 0 Å². The molecule has 0 aliphatic heterocycles. The van der Waals surface area contributed by atoms with Crippen LogP contribution in [-0.2, 0) is 15.7 Å². The molecule has 0 bridgehead atoms. The number of rotatable bonds is 8. The van der Waals surface area contributed by atoms with Crippen molar-refractivity contribution in [2.45, 2.75) is 51.3 Å². The maximum atomic E-state index is 12.6. The number of esters is 1. The van der Waals surface area contributed by atoms with Crippen LogP contribution in [0.15, 0.2) is 24.3 Å². The topological polar surface area (TPSA) is 47.6 Å². The van der Waals surface area contributed by atoms with E-state index in [2.05, 4.69) is 5.32 Å². The van der Waals surface area contributed by atoms with E-state index in [1.807, 2.05) is 0 Å². The molecular weight excluding hydrogens is 347 g/mol. The Morgan fingerprint density at radius 3 is 2.38 bits per heavy atom. The first-order chi connectivity index (χ1) is 12.4. The Hall–Kier alpha value is -1.76. The van der Waals surface area contributed by atoms with E-state index in [0.29, 0.717) is 31.2 Å². The fraction of sp³-hybridized carbons (Fsp3) is 0.632. The minimum Gasteiger partial charge on any atom is -0.490 e. The Bertz CT molecular complexity index is 552. The van der Waals surface area contributed by atoms with Gasteiger partial charge in [0.1, 0.15) is 5.75 Å². The van der Waals surface area contributed by atoms with Crippen molar-refractivity contribution < 1.29 is 27.4 Å². The smallest absolute Gasteiger partial charge is 0.416 e. The summed E-state index contributed by atoms with van der Waals surface area (Å²) < 4.78 is 48.4. The molecule has 0 saturated heterocycles. The molecule has 7 heteroatoms. The molecule has 1 N–H and O–H groups in total. The van der Waals surface area contributed by atoms with Crippen molar-refractivity contribution in [3.05, 3.63) is 29.8 Å².